The molecule has 0 amide bonds. The van der Waals surface area contributed by atoms with E-state index in [-0.39, 0.29) is 6.61 Å². The highest BCUT2D eigenvalue weighted by molar-refractivity contribution is 5.60. The van der Waals surface area contributed by atoms with Gasteiger partial charge in [0.25, 0.3) is 0 Å². The Morgan fingerprint density at radius 1 is 1.26 bits per heavy atom. The summed E-state index contributed by atoms with van der Waals surface area (Å²) >= 11 is 0. The van der Waals surface area contributed by atoms with Crippen LogP contribution in [-0.4, -0.2) is 42.2 Å². The maximum atomic E-state index is 9.24. The number of hydrogen-bond donors (Lipinski definition) is 1. The Hall–Kier alpha value is -1.57. The molecule has 1 aromatic carbocycles. The van der Waals surface area contributed by atoms with Crippen molar-refractivity contribution >= 4 is 5.69 Å². The minimum atomic E-state index is -0.0178. The van der Waals surface area contributed by atoms with Crippen LogP contribution >= 0.6 is 0 Å². The van der Waals surface area contributed by atoms with Gasteiger partial charge in [0.05, 0.1) is 17.9 Å². The van der Waals surface area contributed by atoms with Crippen LogP contribution in [0.2, 0.25) is 0 Å². The van der Waals surface area contributed by atoms with E-state index in [0.717, 1.165) is 37.4 Å². The van der Waals surface area contributed by atoms with Gasteiger partial charge in [-0.15, -0.1) is 0 Å². The summed E-state index contributed by atoms with van der Waals surface area (Å²) in [6.07, 6.45) is 0. The predicted molar refractivity (Wildman–Crippen MR) is 76.0 cm³/mol. The Morgan fingerprint density at radius 2 is 1.95 bits per heavy atom. The third-order valence-corrected chi connectivity index (χ3v) is 3.75. The SMILES string of the molecule is CC(C)N1CCN(c2ccc(CO)cc2C#N)CC1. The van der Waals surface area contributed by atoms with Gasteiger partial charge >= 0.3 is 0 Å². The lowest BCUT2D eigenvalue weighted by Gasteiger charge is -2.38. The third-order valence-electron chi connectivity index (χ3n) is 3.75. The summed E-state index contributed by atoms with van der Waals surface area (Å²) < 4.78 is 0. The summed E-state index contributed by atoms with van der Waals surface area (Å²) in [5, 5.41) is 18.4. The molecular formula is C15H21N3O. The summed E-state index contributed by atoms with van der Waals surface area (Å²) in [5.74, 6) is 0. The first-order chi connectivity index (χ1) is 9.15. The van der Waals surface area contributed by atoms with E-state index in [4.69, 9.17) is 5.11 Å². The van der Waals surface area contributed by atoms with Crippen LogP contribution in [0.25, 0.3) is 0 Å². The van der Waals surface area contributed by atoms with Crippen LogP contribution in [-0.2, 0) is 6.61 Å². The summed E-state index contributed by atoms with van der Waals surface area (Å²) in [5.41, 5.74) is 2.44. The largest absolute Gasteiger partial charge is 0.392 e. The molecule has 4 heteroatoms. The van der Waals surface area contributed by atoms with E-state index in [1.807, 2.05) is 12.1 Å². The first-order valence-corrected chi connectivity index (χ1v) is 6.78. The molecule has 1 aromatic rings. The lowest BCUT2D eigenvalue weighted by molar-refractivity contribution is 0.209. The number of hydrogen-bond acceptors (Lipinski definition) is 4. The van der Waals surface area contributed by atoms with Crippen molar-refractivity contribution in [1.82, 2.24) is 4.90 Å². The fourth-order valence-corrected chi connectivity index (χ4v) is 2.53. The molecule has 0 aromatic heterocycles. The Balaban J connectivity index is 2.13. The Labute approximate surface area is 114 Å². The van der Waals surface area contributed by atoms with Crippen molar-refractivity contribution in [2.75, 3.05) is 31.1 Å². The van der Waals surface area contributed by atoms with E-state index in [2.05, 4.69) is 29.7 Å². The standard InChI is InChI=1S/C15H21N3O/c1-12(2)17-5-7-18(8-6-17)15-4-3-13(11-19)9-14(15)10-16/h3-4,9,12,19H,5-8,11H2,1-2H3. The van der Waals surface area contributed by atoms with Crippen LogP contribution in [0.4, 0.5) is 5.69 Å². The molecule has 1 fully saturated rings. The van der Waals surface area contributed by atoms with Crippen LogP contribution in [0.15, 0.2) is 18.2 Å². The van der Waals surface area contributed by atoms with Gasteiger partial charge < -0.3 is 10.0 Å². The topological polar surface area (TPSA) is 50.5 Å². The number of aliphatic hydroxyl groups is 1. The van der Waals surface area contributed by atoms with Crippen molar-refractivity contribution in [1.29, 1.82) is 5.26 Å². The van der Waals surface area contributed by atoms with Crippen molar-refractivity contribution in [2.45, 2.75) is 26.5 Å². The normalized spacial score (nSPS) is 16.7. The van der Waals surface area contributed by atoms with Gasteiger partial charge in [0.15, 0.2) is 0 Å². The molecule has 0 radical (unpaired) electrons. The van der Waals surface area contributed by atoms with E-state index in [1.165, 1.54) is 0 Å². The zero-order valence-corrected chi connectivity index (χ0v) is 11.6. The third kappa shape index (κ3) is 3.06. The van der Waals surface area contributed by atoms with Crippen LogP contribution in [0.1, 0.15) is 25.0 Å². The second-order valence-electron chi connectivity index (χ2n) is 5.24. The van der Waals surface area contributed by atoms with Crippen molar-refractivity contribution < 1.29 is 5.11 Å². The highest BCUT2D eigenvalue weighted by atomic mass is 16.3. The van der Waals surface area contributed by atoms with Gasteiger partial charge in [0.2, 0.25) is 0 Å². The molecule has 1 heterocycles. The maximum Gasteiger partial charge on any atom is 0.101 e. The summed E-state index contributed by atoms with van der Waals surface area (Å²) in [7, 11) is 0. The quantitative estimate of drug-likeness (QED) is 0.895. The van der Waals surface area contributed by atoms with Crippen LogP contribution < -0.4 is 4.90 Å². The zero-order chi connectivity index (χ0) is 13.8. The molecule has 2 rings (SSSR count). The van der Waals surface area contributed by atoms with Crippen LogP contribution in [0, 0.1) is 11.3 Å². The fraction of sp³-hybridized carbons (Fsp3) is 0.533. The molecular weight excluding hydrogens is 238 g/mol. The minimum absolute atomic E-state index is 0.0178. The number of rotatable bonds is 3. The Kier molecular flexibility index (Phi) is 4.41. The van der Waals surface area contributed by atoms with Gasteiger partial charge in [-0.1, -0.05) is 6.07 Å². The molecule has 1 saturated heterocycles. The average molecular weight is 259 g/mol. The molecule has 0 bridgehead atoms. The summed E-state index contributed by atoms with van der Waals surface area (Å²) in [6.45, 7) is 8.38. The second kappa shape index (κ2) is 6.05. The molecule has 0 aliphatic carbocycles. The molecule has 4 nitrogen and oxygen atoms in total. The van der Waals surface area contributed by atoms with Crippen molar-refractivity contribution in [3.05, 3.63) is 29.3 Å². The zero-order valence-electron chi connectivity index (χ0n) is 11.6. The molecule has 0 atom stereocenters. The van der Waals surface area contributed by atoms with Gasteiger partial charge in [-0.05, 0) is 31.5 Å². The lowest BCUT2D eigenvalue weighted by Crippen LogP contribution is -2.49. The van der Waals surface area contributed by atoms with E-state index >= 15 is 0 Å². The summed E-state index contributed by atoms with van der Waals surface area (Å²) in [6, 6.07) is 8.44. The van der Waals surface area contributed by atoms with E-state index in [9.17, 15) is 5.26 Å². The monoisotopic (exact) mass is 259 g/mol. The number of nitrogens with zero attached hydrogens (tertiary/aromatic N) is 3. The van der Waals surface area contributed by atoms with E-state index < -0.39 is 0 Å². The maximum absolute atomic E-state index is 9.24. The van der Waals surface area contributed by atoms with Crippen LogP contribution in [0.3, 0.4) is 0 Å². The fourth-order valence-electron chi connectivity index (χ4n) is 2.53. The van der Waals surface area contributed by atoms with Gasteiger partial charge in [-0.3, -0.25) is 4.90 Å². The van der Waals surface area contributed by atoms with E-state index in [0.29, 0.717) is 11.6 Å². The smallest absolute Gasteiger partial charge is 0.101 e. The first-order valence-electron chi connectivity index (χ1n) is 6.78. The second-order valence-corrected chi connectivity index (χ2v) is 5.24. The van der Waals surface area contributed by atoms with Crippen molar-refractivity contribution in [2.24, 2.45) is 0 Å². The van der Waals surface area contributed by atoms with Crippen molar-refractivity contribution in [3.63, 3.8) is 0 Å². The molecule has 0 spiro atoms. The minimum Gasteiger partial charge on any atom is -0.392 e. The molecule has 0 saturated carbocycles. The molecule has 1 N–H and O–H groups in total. The average Bonchev–Trinajstić information content (AvgIpc) is 2.46. The predicted octanol–water partition coefficient (Wildman–Crippen LogP) is 1.58. The number of piperazine rings is 1. The van der Waals surface area contributed by atoms with Crippen LogP contribution in [0.5, 0.6) is 0 Å². The highest BCUT2D eigenvalue weighted by Gasteiger charge is 2.20. The Bertz CT molecular complexity index is 471. The lowest BCUT2D eigenvalue weighted by atomic mass is 10.1. The molecule has 19 heavy (non-hydrogen) atoms. The summed E-state index contributed by atoms with van der Waals surface area (Å²) in [4.78, 5) is 4.71. The molecule has 1 aliphatic heterocycles. The number of anilines is 1. The number of nitriles is 1. The molecule has 0 unspecified atom stereocenters. The molecule has 1 aliphatic rings. The van der Waals surface area contributed by atoms with Gasteiger partial charge in [0, 0.05) is 32.2 Å². The first kappa shape index (κ1) is 13.9. The Morgan fingerprint density at radius 3 is 2.47 bits per heavy atom. The van der Waals surface area contributed by atoms with Gasteiger partial charge in [-0.25, -0.2) is 0 Å². The molecule has 102 valence electrons. The number of benzene rings is 1. The van der Waals surface area contributed by atoms with Gasteiger partial charge in [-0.2, -0.15) is 5.26 Å². The van der Waals surface area contributed by atoms with Gasteiger partial charge in [0.1, 0.15) is 6.07 Å². The number of aliphatic hydroxyl groups excluding tert-OH is 1. The van der Waals surface area contributed by atoms with Crippen molar-refractivity contribution in [3.8, 4) is 6.07 Å². The van der Waals surface area contributed by atoms with E-state index in [1.54, 1.807) is 6.07 Å². The highest BCUT2D eigenvalue weighted by Crippen LogP contribution is 2.23.